The van der Waals surface area contributed by atoms with Gasteiger partial charge in [-0.3, -0.25) is 0 Å². The topological polar surface area (TPSA) is 12.0 Å². The summed E-state index contributed by atoms with van der Waals surface area (Å²) < 4.78 is 14.0. The molecule has 0 heterocycles. The third-order valence-corrected chi connectivity index (χ3v) is 4.05. The van der Waals surface area contributed by atoms with Gasteiger partial charge in [0, 0.05) is 11.1 Å². The molecular weight excluding hydrogens is 237 g/mol. The fourth-order valence-electron chi connectivity index (χ4n) is 2.93. The molecule has 17 heavy (non-hydrogen) atoms. The molecule has 0 spiro atoms. The molecule has 2 unspecified atom stereocenters. The lowest BCUT2D eigenvalue weighted by Gasteiger charge is -2.25. The van der Waals surface area contributed by atoms with Crippen molar-refractivity contribution < 1.29 is 4.39 Å². The van der Waals surface area contributed by atoms with Crippen molar-refractivity contribution in [3.63, 3.8) is 0 Å². The highest BCUT2D eigenvalue weighted by atomic mass is 35.5. The Morgan fingerprint density at radius 1 is 1.53 bits per heavy atom. The molecule has 1 saturated carbocycles. The van der Waals surface area contributed by atoms with Crippen LogP contribution in [0.15, 0.2) is 18.2 Å². The molecule has 0 amide bonds. The van der Waals surface area contributed by atoms with Crippen LogP contribution in [-0.2, 0) is 5.41 Å². The molecule has 1 aromatic carbocycles. The molecule has 1 fully saturated rings. The predicted molar refractivity (Wildman–Crippen MR) is 70.1 cm³/mol. The van der Waals surface area contributed by atoms with Crippen LogP contribution in [0.4, 0.5) is 4.39 Å². The van der Waals surface area contributed by atoms with Crippen molar-refractivity contribution in [2.75, 3.05) is 6.54 Å². The Kier molecular flexibility index (Phi) is 3.74. The van der Waals surface area contributed by atoms with Crippen molar-refractivity contribution >= 4 is 11.6 Å². The van der Waals surface area contributed by atoms with E-state index in [2.05, 4.69) is 19.2 Å². The van der Waals surface area contributed by atoms with Gasteiger partial charge in [0.15, 0.2) is 0 Å². The van der Waals surface area contributed by atoms with Crippen LogP contribution < -0.4 is 5.32 Å². The fourth-order valence-corrected chi connectivity index (χ4v) is 3.09. The van der Waals surface area contributed by atoms with Gasteiger partial charge in [-0.25, -0.2) is 4.39 Å². The minimum Gasteiger partial charge on any atom is -0.314 e. The van der Waals surface area contributed by atoms with Crippen LogP contribution >= 0.6 is 11.6 Å². The highest BCUT2D eigenvalue weighted by Crippen LogP contribution is 2.42. The van der Waals surface area contributed by atoms with Gasteiger partial charge in [-0.2, -0.15) is 0 Å². The van der Waals surface area contributed by atoms with Gasteiger partial charge in [-0.1, -0.05) is 31.5 Å². The summed E-state index contributed by atoms with van der Waals surface area (Å²) in [6.45, 7) is 5.24. The normalized spacial score (nSPS) is 28.6. The van der Waals surface area contributed by atoms with Gasteiger partial charge in [0.25, 0.3) is 0 Å². The quantitative estimate of drug-likeness (QED) is 0.864. The molecule has 1 aliphatic carbocycles. The van der Waals surface area contributed by atoms with E-state index in [1.807, 2.05) is 6.07 Å². The van der Waals surface area contributed by atoms with Crippen LogP contribution in [0.1, 0.15) is 38.7 Å². The lowest BCUT2D eigenvalue weighted by atomic mass is 9.80. The fraction of sp³-hybridized carbons (Fsp3) is 0.571. The van der Waals surface area contributed by atoms with Gasteiger partial charge in [0.05, 0.1) is 0 Å². The van der Waals surface area contributed by atoms with Gasteiger partial charge < -0.3 is 5.32 Å². The molecule has 1 aromatic rings. The van der Waals surface area contributed by atoms with Gasteiger partial charge in [0.2, 0.25) is 0 Å². The molecule has 94 valence electrons. The summed E-state index contributed by atoms with van der Waals surface area (Å²) in [5.74, 6) is -0.169. The molecule has 0 bridgehead atoms. The van der Waals surface area contributed by atoms with E-state index in [1.165, 1.54) is 6.07 Å². The molecule has 0 aliphatic heterocycles. The lowest BCUT2D eigenvalue weighted by molar-refractivity contribution is 0.435. The zero-order chi connectivity index (χ0) is 12.5. The van der Waals surface area contributed by atoms with E-state index >= 15 is 0 Å². The minimum atomic E-state index is -0.169. The van der Waals surface area contributed by atoms with Gasteiger partial charge in [-0.05, 0) is 48.9 Å². The highest BCUT2D eigenvalue weighted by molar-refractivity contribution is 6.30. The van der Waals surface area contributed by atoms with E-state index in [0.717, 1.165) is 31.4 Å². The standard InChI is InChI=1S/C14H19ClFN/c1-3-17-11-6-7-14(2,9-11)12-5-4-10(15)8-13(12)16/h4-5,8,11,17H,3,6-7,9H2,1-2H3. The maximum absolute atomic E-state index is 14.0. The second-order valence-electron chi connectivity index (χ2n) is 5.18. The van der Waals surface area contributed by atoms with Crippen molar-refractivity contribution in [2.24, 2.45) is 0 Å². The Morgan fingerprint density at radius 2 is 2.29 bits per heavy atom. The molecule has 2 atom stereocenters. The summed E-state index contributed by atoms with van der Waals surface area (Å²) in [4.78, 5) is 0. The molecule has 0 saturated heterocycles. The van der Waals surface area contributed by atoms with E-state index in [9.17, 15) is 4.39 Å². The van der Waals surface area contributed by atoms with Gasteiger partial charge >= 0.3 is 0 Å². The first-order valence-corrected chi connectivity index (χ1v) is 6.62. The lowest BCUT2D eigenvalue weighted by Crippen LogP contribution is -2.29. The maximum Gasteiger partial charge on any atom is 0.128 e. The third-order valence-electron chi connectivity index (χ3n) is 3.82. The van der Waals surface area contributed by atoms with Crippen molar-refractivity contribution in [3.8, 4) is 0 Å². The molecular formula is C14H19ClFN. The van der Waals surface area contributed by atoms with Crippen molar-refractivity contribution in [2.45, 2.75) is 44.6 Å². The molecule has 2 rings (SSSR count). The molecule has 3 heteroatoms. The summed E-state index contributed by atoms with van der Waals surface area (Å²) >= 11 is 5.80. The summed E-state index contributed by atoms with van der Waals surface area (Å²) in [6.07, 6.45) is 3.15. The predicted octanol–water partition coefficient (Wildman–Crippen LogP) is 3.90. The zero-order valence-corrected chi connectivity index (χ0v) is 11.1. The second kappa shape index (κ2) is 4.95. The minimum absolute atomic E-state index is 0.0541. The Morgan fingerprint density at radius 3 is 2.94 bits per heavy atom. The van der Waals surface area contributed by atoms with Crippen LogP contribution in [0.25, 0.3) is 0 Å². The van der Waals surface area contributed by atoms with E-state index in [-0.39, 0.29) is 11.2 Å². The molecule has 0 aromatic heterocycles. The van der Waals surface area contributed by atoms with Crippen LogP contribution in [0.5, 0.6) is 0 Å². The maximum atomic E-state index is 14.0. The number of nitrogens with one attached hydrogen (secondary N) is 1. The first kappa shape index (κ1) is 12.8. The van der Waals surface area contributed by atoms with E-state index < -0.39 is 0 Å². The van der Waals surface area contributed by atoms with E-state index in [0.29, 0.717) is 11.1 Å². The smallest absolute Gasteiger partial charge is 0.128 e. The van der Waals surface area contributed by atoms with Crippen molar-refractivity contribution in [1.82, 2.24) is 5.32 Å². The van der Waals surface area contributed by atoms with Crippen LogP contribution in [0, 0.1) is 5.82 Å². The van der Waals surface area contributed by atoms with Crippen LogP contribution in [0.3, 0.4) is 0 Å². The Hall–Kier alpha value is -0.600. The van der Waals surface area contributed by atoms with Gasteiger partial charge in [0.1, 0.15) is 5.82 Å². The average molecular weight is 256 g/mol. The number of benzene rings is 1. The molecule has 1 N–H and O–H groups in total. The Labute approximate surface area is 107 Å². The Balaban J connectivity index is 2.21. The number of hydrogen-bond acceptors (Lipinski definition) is 1. The number of rotatable bonds is 3. The number of halogens is 2. The summed E-state index contributed by atoms with van der Waals surface area (Å²) in [6, 6.07) is 5.56. The summed E-state index contributed by atoms with van der Waals surface area (Å²) in [7, 11) is 0. The van der Waals surface area contributed by atoms with E-state index in [4.69, 9.17) is 11.6 Å². The monoisotopic (exact) mass is 255 g/mol. The molecule has 1 nitrogen and oxygen atoms in total. The first-order chi connectivity index (χ1) is 8.05. The first-order valence-electron chi connectivity index (χ1n) is 6.24. The summed E-state index contributed by atoms with van der Waals surface area (Å²) in [5.41, 5.74) is 0.754. The average Bonchev–Trinajstić information content (AvgIpc) is 2.61. The van der Waals surface area contributed by atoms with Crippen molar-refractivity contribution in [3.05, 3.63) is 34.6 Å². The van der Waals surface area contributed by atoms with Crippen LogP contribution in [-0.4, -0.2) is 12.6 Å². The largest absolute Gasteiger partial charge is 0.314 e. The second-order valence-corrected chi connectivity index (χ2v) is 5.62. The van der Waals surface area contributed by atoms with E-state index in [1.54, 1.807) is 6.07 Å². The third kappa shape index (κ3) is 2.63. The highest BCUT2D eigenvalue weighted by Gasteiger charge is 2.37. The Bertz CT molecular complexity index is 407. The summed E-state index contributed by atoms with van der Waals surface area (Å²) in [5, 5.41) is 3.92. The van der Waals surface area contributed by atoms with Crippen molar-refractivity contribution in [1.29, 1.82) is 0 Å². The molecule has 1 aliphatic rings. The zero-order valence-electron chi connectivity index (χ0n) is 10.4. The molecule has 0 radical (unpaired) electrons. The SMILES string of the molecule is CCNC1CCC(C)(c2ccc(Cl)cc2F)C1. The number of hydrogen-bond donors (Lipinski definition) is 1. The van der Waals surface area contributed by atoms with Crippen LogP contribution in [0.2, 0.25) is 5.02 Å². The van der Waals surface area contributed by atoms with Gasteiger partial charge in [-0.15, -0.1) is 0 Å².